The summed E-state index contributed by atoms with van der Waals surface area (Å²) >= 11 is 0. The number of nitrogens with zero attached hydrogens (tertiary/aromatic N) is 4. The largest absolute Gasteiger partial charge is 0.457 e. The van der Waals surface area contributed by atoms with E-state index in [0.717, 1.165) is 39.4 Å². The summed E-state index contributed by atoms with van der Waals surface area (Å²) in [5.41, 5.74) is 15.1. The maximum Gasteiger partial charge on any atom is 0.137 e. The summed E-state index contributed by atoms with van der Waals surface area (Å²) in [6.07, 6.45) is 1.96. The molecule has 10 rings (SSSR count). The fourth-order valence-corrected chi connectivity index (χ4v) is 10.3. The number of anilines is 4. The first kappa shape index (κ1) is 47.6. The van der Waals surface area contributed by atoms with E-state index in [9.17, 15) is 0 Å². The third kappa shape index (κ3) is 8.90. The summed E-state index contributed by atoms with van der Waals surface area (Å²) < 4.78 is 9.45. The van der Waals surface area contributed by atoms with Gasteiger partial charge in [-0.25, -0.2) is 4.98 Å². The summed E-state index contributed by atoms with van der Waals surface area (Å²) in [5, 5.41) is 2.33. The molecular formula is C66H70N4O. The zero-order valence-corrected chi connectivity index (χ0v) is 44.1. The SMILES string of the molecule is CC(C)(C)c1cccc(N2CN(c3cc(Oc4ccc5c6cc(C(C)(C)c7ccccc7)ccc6n(-c6cc(C(C)(C)c7ccccc7)ccn6)c5c4)cc(C(C)(C)C)c3)c3ccc(C(C)(C)C)cc32)c1. The van der Waals surface area contributed by atoms with E-state index in [4.69, 9.17) is 9.72 Å². The Hall–Kier alpha value is -7.11. The molecule has 9 aromatic rings. The number of hydrogen-bond acceptors (Lipinski definition) is 4. The lowest BCUT2D eigenvalue weighted by atomic mass is 9.78. The maximum absolute atomic E-state index is 7.12. The van der Waals surface area contributed by atoms with Gasteiger partial charge in [0.1, 0.15) is 24.0 Å². The van der Waals surface area contributed by atoms with Crippen molar-refractivity contribution in [3.63, 3.8) is 0 Å². The van der Waals surface area contributed by atoms with Crippen LogP contribution in [0.5, 0.6) is 11.5 Å². The van der Waals surface area contributed by atoms with Crippen LogP contribution in [0.2, 0.25) is 0 Å². The highest BCUT2D eigenvalue weighted by Gasteiger charge is 2.33. The second-order valence-corrected chi connectivity index (χ2v) is 24.0. The molecule has 0 spiro atoms. The van der Waals surface area contributed by atoms with Gasteiger partial charge in [-0.15, -0.1) is 0 Å². The smallest absolute Gasteiger partial charge is 0.137 e. The standard InChI is InChI=1S/C66H70N4O/c1-62(2,3)46-25-20-26-51(35-46)68-43-69(58-32-27-47(39-60(58)68)63(4,5)6)52-36-50(64(7,8)9)37-54(41-52)71-53-29-30-55-56-38-48(65(10,11)44-21-16-14-17-22-44)28-31-57(56)70(59(55)42-53)61-40-49(33-34-67-61)66(12,13)45-23-18-15-19-24-45/h14-42H,43H2,1-13H3. The lowest BCUT2D eigenvalue weighted by Crippen LogP contribution is -2.25. The van der Waals surface area contributed by atoms with Gasteiger partial charge in [-0.05, 0) is 128 Å². The fraction of sp³-hybridized carbons (Fsp3) is 0.288. The number of rotatable bonds is 9. The molecule has 5 nitrogen and oxygen atoms in total. The molecule has 0 amide bonds. The third-order valence-corrected chi connectivity index (χ3v) is 15.2. The minimum Gasteiger partial charge on any atom is -0.457 e. The van der Waals surface area contributed by atoms with Gasteiger partial charge in [0.25, 0.3) is 0 Å². The summed E-state index contributed by atoms with van der Waals surface area (Å²) in [6.45, 7) is 30.5. The Morgan fingerprint density at radius 1 is 0.380 bits per heavy atom. The van der Waals surface area contributed by atoms with Gasteiger partial charge in [-0.3, -0.25) is 4.57 Å². The Bertz CT molecular complexity index is 3430. The first-order valence-electron chi connectivity index (χ1n) is 25.4. The molecule has 2 aromatic heterocycles. The van der Waals surface area contributed by atoms with Crippen molar-refractivity contribution in [2.75, 3.05) is 16.5 Å². The molecule has 1 aliphatic rings. The van der Waals surface area contributed by atoms with Crippen molar-refractivity contribution >= 4 is 44.6 Å². The number of benzene rings is 7. The molecule has 3 heterocycles. The number of pyridine rings is 1. The van der Waals surface area contributed by atoms with E-state index in [-0.39, 0.29) is 27.1 Å². The van der Waals surface area contributed by atoms with Gasteiger partial charge in [0.05, 0.1) is 22.4 Å². The van der Waals surface area contributed by atoms with E-state index in [2.05, 4.69) is 274 Å². The molecule has 0 bridgehead atoms. The molecule has 1 aliphatic heterocycles. The molecule has 0 saturated carbocycles. The highest BCUT2D eigenvalue weighted by Crippen LogP contribution is 2.49. The molecule has 0 saturated heterocycles. The molecule has 5 heteroatoms. The van der Waals surface area contributed by atoms with E-state index in [0.29, 0.717) is 6.67 Å². The average Bonchev–Trinajstić information content (AvgIpc) is 3.89. The van der Waals surface area contributed by atoms with Crippen molar-refractivity contribution in [1.29, 1.82) is 0 Å². The van der Waals surface area contributed by atoms with Crippen molar-refractivity contribution in [2.24, 2.45) is 0 Å². The van der Waals surface area contributed by atoms with Crippen molar-refractivity contribution in [2.45, 2.75) is 117 Å². The summed E-state index contributed by atoms with van der Waals surface area (Å²) in [5.74, 6) is 2.43. The Morgan fingerprint density at radius 2 is 0.958 bits per heavy atom. The Morgan fingerprint density at radius 3 is 1.61 bits per heavy atom. The first-order chi connectivity index (χ1) is 33.6. The van der Waals surface area contributed by atoms with Crippen LogP contribution in [0, 0.1) is 0 Å². The van der Waals surface area contributed by atoms with Gasteiger partial charge in [0.15, 0.2) is 0 Å². The summed E-state index contributed by atoms with van der Waals surface area (Å²) in [6, 6.07) is 62.4. The van der Waals surface area contributed by atoms with Crippen LogP contribution < -0.4 is 14.5 Å². The number of ether oxygens (including phenoxy) is 1. The Balaban J connectivity index is 1.10. The maximum atomic E-state index is 7.12. The zero-order valence-electron chi connectivity index (χ0n) is 44.1. The van der Waals surface area contributed by atoms with Crippen molar-refractivity contribution in [3.05, 3.63) is 215 Å². The van der Waals surface area contributed by atoms with Crippen molar-refractivity contribution in [3.8, 4) is 17.3 Å². The van der Waals surface area contributed by atoms with E-state index < -0.39 is 0 Å². The summed E-state index contributed by atoms with van der Waals surface area (Å²) in [7, 11) is 0. The molecule has 0 N–H and O–H groups in total. The quantitative estimate of drug-likeness (QED) is 0.144. The predicted molar refractivity (Wildman–Crippen MR) is 300 cm³/mol. The molecule has 0 atom stereocenters. The van der Waals surface area contributed by atoms with Crippen LogP contribution in [0.25, 0.3) is 27.6 Å². The predicted octanol–water partition coefficient (Wildman–Crippen LogP) is 17.8. The van der Waals surface area contributed by atoms with E-state index in [1.54, 1.807) is 0 Å². The van der Waals surface area contributed by atoms with Crippen LogP contribution in [-0.4, -0.2) is 16.2 Å². The van der Waals surface area contributed by atoms with Crippen LogP contribution in [0.1, 0.15) is 129 Å². The average molecular weight is 935 g/mol. The highest BCUT2D eigenvalue weighted by molar-refractivity contribution is 6.10. The number of aromatic nitrogens is 2. The molecule has 0 fully saturated rings. The minimum atomic E-state index is -0.243. The van der Waals surface area contributed by atoms with Gasteiger partial charge >= 0.3 is 0 Å². The van der Waals surface area contributed by atoms with Gasteiger partial charge in [0, 0.05) is 51.3 Å². The van der Waals surface area contributed by atoms with Crippen LogP contribution in [0.15, 0.2) is 176 Å². The van der Waals surface area contributed by atoms with E-state index in [1.807, 2.05) is 6.20 Å². The molecule has 0 unspecified atom stereocenters. The molecular weight excluding hydrogens is 865 g/mol. The second kappa shape index (κ2) is 17.3. The molecule has 71 heavy (non-hydrogen) atoms. The molecule has 0 aliphatic carbocycles. The van der Waals surface area contributed by atoms with E-state index >= 15 is 0 Å². The minimum absolute atomic E-state index is 0.00000114. The van der Waals surface area contributed by atoms with Crippen LogP contribution in [-0.2, 0) is 27.1 Å². The molecule has 0 radical (unpaired) electrons. The highest BCUT2D eigenvalue weighted by atomic mass is 16.5. The lowest BCUT2D eigenvalue weighted by molar-refractivity contribution is 0.479. The van der Waals surface area contributed by atoms with Crippen molar-refractivity contribution < 1.29 is 4.74 Å². The first-order valence-corrected chi connectivity index (χ1v) is 25.4. The fourth-order valence-electron chi connectivity index (χ4n) is 10.3. The topological polar surface area (TPSA) is 33.5 Å². The normalized spacial score (nSPS) is 13.6. The Labute approximate surface area is 422 Å². The van der Waals surface area contributed by atoms with Crippen LogP contribution in [0.4, 0.5) is 22.7 Å². The molecule has 7 aromatic carbocycles. The number of fused-ring (bicyclic) bond motifs is 4. The van der Waals surface area contributed by atoms with E-state index in [1.165, 1.54) is 61.4 Å². The number of hydrogen-bond donors (Lipinski definition) is 0. The third-order valence-electron chi connectivity index (χ3n) is 15.2. The van der Waals surface area contributed by atoms with Crippen LogP contribution >= 0.6 is 0 Å². The van der Waals surface area contributed by atoms with Gasteiger partial charge in [-0.1, -0.05) is 175 Å². The molecule has 360 valence electrons. The second-order valence-electron chi connectivity index (χ2n) is 24.0. The van der Waals surface area contributed by atoms with Gasteiger partial charge < -0.3 is 14.5 Å². The van der Waals surface area contributed by atoms with Gasteiger partial charge in [-0.2, -0.15) is 0 Å². The summed E-state index contributed by atoms with van der Waals surface area (Å²) in [4.78, 5) is 10.0. The van der Waals surface area contributed by atoms with Crippen LogP contribution in [0.3, 0.4) is 0 Å². The Kier molecular flexibility index (Phi) is 11.6. The zero-order chi connectivity index (χ0) is 50.3. The lowest BCUT2D eigenvalue weighted by Gasteiger charge is -2.27. The van der Waals surface area contributed by atoms with Crippen molar-refractivity contribution in [1.82, 2.24) is 9.55 Å². The monoisotopic (exact) mass is 935 g/mol. The van der Waals surface area contributed by atoms with Gasteiger partial charge in [0.2, 0.25) is 0 Å².